The van der Waals surface area contributed by atoms with Crippen LogP contribution in [0.4, 0.5) is 0 Å². The molecule has 0 aliphatic rings. The van der Waals surface area contributed by atoms with Crippen molar-refractivity contribution in [3.8, 4) is 11.8 Å². The molecule has 0 atom stereocenters. The maximum atomic E-state index is 12.5. The molecule has 136 valence electrons. The molecule has 0 fully saturated rings. The molecule has 0 bridgehead atoms. The molecule has 0 radical (unpaired) electrons. The number of hydrogen-bond donors (Lipinski definition) is 0. The summed E-state index contributed by atoms with van der Waals surface area (Å²) in [5.74, 6) is 1.35. The van der Waals surface area contributed by atoms with Crippen molar-refractivity contribution in [2.45, 2.75) is 13.2 Å². The van der Waals surface area contributed by atoms with Gasteiger partial charge in [0, 0.05) is 18.1 Å². The van der Waals surface area contributed by atoms with Gasteiger partial charge in [0.05, 0.1) is 11.6 Å². The van der Waals surface area contributed by atoms with Crippen molar-refractivity contribution in [1.82, 2.24) is 4.90 Å². The number of nitrogens with zero attached hydrogens (tertiary/aromatic N) is 2. The smallest absolute Gasteiger partial charge is 0.289 e. The molecule has 5 nitrogen and oxygen atoms in total. The maximum absolute atomic E-state index is 12.5. The number of nitriles is 1. The van der Waals surface area contributed by atoms with Gasteiger partial charge in [0.15, 0.2) is 5.76 Å². The first-order valence-electron chi connectivity index (χ1n) is 8.27. The molecular weight excluding hydrogens is 408 g/mol. The van der Waals surface area contributed by atoms with E-state index >= 15 is 0 Å². The molecule has 3 rings (SSSR count). The van der Waals surface area contributed by atoms with Crippen molar-refractivity contribution in [1.29, 1.82) is 5.26 Å². The minimum Gasteiger partial charge on any atom is -0.486 e. The average molecular weight is 425 g/mol. The lowest BCUT2D eigenvalue weighted by Gasteiger charge is -2.15. The predicted octanol–water partition coefficient (Wildman–Crippen LogP) is 4.76. The van der Waals surface area contributed by atoms with Crippen molar-refractivity contribution in [2.24, 2.45) is 0 Å². The van der Waals surface area contributed by atoms with Crippen molar-refractivity contribution in [2.75, 3.05) is 7.05 Å². The zero-order valence-corrected chi connectivity index (χ0v) is 16.3. The Bertz CT molecular complexity index is 956. The summed E-state index contributed by atoms with van der Waals surface area (Å²) in [4.78, 5) is 14.1. The van der Waals surface area contributed by atoms with Crippen molar-refractivity contribution < 1.29 is 13.9 Å². The number of amides is 1. The first kappa shape index (κ1) is 18.7. The maximum Gasteiger partial charge on any atom is 0.289 e. The summed E-state index contributed by atoms with van der Waals surface area (Å²) in [6.07, 6.45) is 0. The van der Waals surface area contributed by atoms with Crippen molar-refractivity contribution >= 4 is 21.8 Å². The molecule has 2 aromatic carbocycles. The second-order valence-electron chi connectivity index (χ2n) is 5.98. The highest BCUT2D eigenvalue weighted by Crippen LogP contribution is 2.19. The van der Waals surface area contributed by atoms with E-state index in [1.54, 1.807) is 36.2 Å². The molecular formula is C21H17BrN2O3. The summed E-state index contributed by atoms with van der Waals surface area (Å²) in [5.41, 5.74) is 1.53. The first-order valence-corrected chi connectivity index (χ1v) is 9.06. The van der Waals surface area contributed by atoms with Gasteiger partial charge in [-0.15, -0.1) is 0 Å². The quantitative estimate of drug-likeness (QED) is 0.571. The van der Waals surface area contributed by atoms with E-state index in [4.69, 9.17) is 14.4 Å². The summed E-state index contributed by atoms with van der Waals surface area (Å²) >= 11 is 3.37. The van der Waals surface area contributed by atoms with E-state index in [0.29, 0.717) is 17.9 Å². The predicted molar refractivity (Wildman–Crippen MR) is 104 cm³/mol. The van der Waals surface area contributed by atoms with Gasteiger partial charge in [-0.2, -0.15) is 5.26 Å². The molecule has 0 aliphatic heterocycles. The van der Waals surface area contributed by atoms with E-state index in [9.17, 15) is 4.79 Å². The van der Waals surface area contributed by atoms with Gasteiger partial charge in [-0.3, -0.25) is 4.79 Å². The number of carbonyl (C=O) groups is 1. The molecule has 1 heterocycles. The van der Waals surface area contributed by atoms with E-state index in [-0.39, 0.29) is 18.3 Å². The zero-order valence-electron chi connectivity index (χ0n) is 14.7. The van der Waals surface area contributed by atoms with Crippen LogP contribution in [0.5, 0.6) is 5.75 Å². The highest BCUT2D eigenvalue weighted by molar-refractivity contribution is 9.10. The Labute approximate surface area is 165 Å². The van der Waals surface area contributed by atoms with Crippen LogP contribution in [-0.2, 0) is 13.2 Å². The summed E-state index contributed by atoms with van der Waals surface area (Å²) in [6, 6.07) is 20.1. The minimum absolute atomic E-state index is 0.214. The second kappa shape index (κ2) is 8.56. The lowest BCUT2D eigenvalue weighted by molar-refractivity contribution is 0.0749. The number of carbonyl (C=O) groups excluding carboxylic acids is 1. The van der Waals surface area contributed by atoms with E-state index in [1.807, 2.05) is 36.4 Å². The Morgan fingerprint density at radius 3 is 2.48 bits per heavy atom. The van der Waals surface area contributed by atoms with Crippen LogP contribution in [0.1, 0.15) is 27.4 Å². The number of furan rings is 1. The molecule has 6 heteroatoms. The number of benzene rings is 2. The fourth-order valence-corrected chi connectivity index (χ4v) is 2.74. The molecule has 0 saturated carbocycles. The fourth-order valence-electron chi connectivity index (χ4n) is 2.47. The fraction of sp³-hybridized carbons (Fsp3) is 0.143. The van der Waals surface area contributed by atoms with Crippen LogP contribution in [0.25, 0.3) is 0 Å². The third-order valence-electron chi connectivity index (χ3n) is 3.92. The summed E-state index contributed by atoms with van der Waals surface area (Å²) in [5, 5.41) is 8.84. The van der Waals surface area contributed by atoms with Gasteiger partial charge in [0.25, 0.3) is 5.91 Å². The van der Waals surface area contributed by atoms with Gasteiger partial charge >= 0.3 is 0 Å². The van der Waals surface area contributed by atoms with Crippen LogP contribution in [0.2, 0.25) is 0 Å². The monoisotopic (exact) mass is 424 g/mol. The molecule has 0 unspecified atom stereocenters. The Kier molecular flexibility index (Phi) is 5.94. The standard InChI is InChI=1S/C21H17BrN2O3/c1-24(13-16-4-2-15(12-23)3-5-16)21(25)20-11-10-19(27-20)14-26-18-8-6-17(22)7-9-18/h2-11H,13-14H2,1H3. The van der Waals surface area contributed by atoms with Gasteiger partial charge in [-0.05, 0) is 54.1 Å². The summed E-state index contributed by atoms with van der Waals surface area (Å²) in [6.45, 7) is 0.671. The van der Waals surface area contributed by atoms with Gasteiger partial charge in [-0.1, -0.05) is 28.1 Å². The topological polar surface area (TPSA) is 66.5 Å². The zero-order chi connectivity index (χ0) is 19.2. The molecule has 27 heavy (non-hydrogen) atoms. The molecule has 0 saturated heterocycles. The molecule has 1 amide bonds. The van der Waals surface area contributed by atoms with Gasteiger partial charge < -0.3 is 14.1 Å². The molecule has 3 aromatic rings. The van der Waals surface area contributed by atoms with Crippen LogP contribution in [-0.4, -0.2) is 17.9 Å². The third kappa shape index (κ3) is 4.99. The highest BCUT2D eigenvalue weighted by Gasteiger charge is 2.16. The Morgan fingerprint density at radius 1 is 1.11 bits per heavy atom. The minimum atomic E-state index is -0.214. The normalized spacial score (nSPS) is 10.3. The largest absolute Gasteiger partial charge is 0.486 e. The van der Waals surface area contributed by atoms with Crippen LogP contribution in [0, 0.1) is 11.3 Å². The van der Waals surface area contributed by atoms with Crippen LogP contribution in [0.3, 0.4) is 0 Å². The number of halogens is 1. The average Bonchev–Trinajstić information content (AvgIpc) is 3.16. The Hall–Kier alpha value is -3.04. The second-order valence-corrected chi connectivity index (χ2v) is 6.89. The third-order valence-corrected chi connectivity index (χ3v) is 4.45. The van der Waals surface area contributed by atoms with Crippen LogP contribution < -0.4 is 4.74 Å². The number of ether oxygens (including phenoxy) is 1. The first-order chi connectivity index (χ1) is 13.0. The lowest BCUT2D eigenvalue weighted by Crippen LogP contribution is -2.25. The van der Waals surface area contributed by atoms with E-state index in [0.717, 1.165) is 15.8 Å². The van der Waals surface area contributed by atoms with Gasteiger partial charge in [-0.25, -0.2) is 0 Å². The number of rotatable bonds is 6. The highest BCUT2D eigenvalue weighted by atomic mass is 79.9. The lowest BCUT2D eigenvalue weighted by atomic mass is 10.1. The Balaban J connectivity index is 1.58. The molecule has 0 aliphatic carbocycles. The number of hydrogen-bond acceptors (Lipinski definition) is 4. The van der Waals surface area contributed by atoms with Crippen molar-refractivity contribution in [3.63, 3.8) is 0 Å². The van der Waals surface area contributed by atoms with E-state index < -0.39 is 0 Å². The molecule has 0 spiro atoms. The summed E-state index contributed by atoms with van der Waals surface area (Å²) in [7, 11) is 1.71. The van der Waals surface area contributed by atoms with Crippen LogP contribution in [0.15, 0.2) is 69.6 Å². The van der Waals surface area contributed by atoms with E-state index in [1.165, 1.54) is 0 Å². The van der Waals surface area contributed by atoms with Crippen molar-refractivity contribution in [3.05, 3.63) is 87.8 Å². The Morgan fingerprint density at radius 2 is 1.81 bits per heavy atom. The summed E-state index contributed by atoms with van der Waals surface area (Å²) < 4.78 is 12.2. The molecule has 0 N–H and O–H groups in total. The SMILES string of the molecule is CN(Cc1ccc(C#N)cc1)C(=O)c1ccc(COc2ccc(Br)cc2)o1. The van der Waals surface area contributed by atoms with Crippen LogP contribution >= 0.6 is 15.9 Å². The van der Waals surface area contributed by atoms with Gasteiger partial charge in [0.1, 0.15) is 18.1 Å². The van der Waals surface area contributed by atoms with E-state index in [2.05, 4.69) is 22.0 Å². The molecule has 1 aromatic heterocycles. The van der Waals surface area contributed by atoms with Gasteiger partial charge in [0.2, 0.25) is 0 Å².